The molecule has 0 aliphatic carbocycles. The maximum Gasteiger partial charge on any atom is 0.131 e. The van der Waals surface area contributed by atoms with Crippen molar-refractivity contribution in [1.82, 2.24) is 0 Å². The molecule has 0 nitrogen and oxygen atoms in total. The van der Waals surface area contributed by atoms with E-state index in [-0.39, 0.29) is 5.82 Å². The zero-order chi connectivity index (χ0) is 10.8. The fourth-order valence-electron chi connectivity index (χ4n) is 1.39. The van der Waals surface area contributed by atoms with Crippen molar-refractivity contribution in [3.63, 3.8) is 0 Å². The molecule has 2 rings (SSSR count). The largest absolute Gasteiger partial charge is 0.206 e. The normalized spacial score (nSPS) is 10.3. The molecule has 0 heterocycles. The van der Waals surface area contributed by atoms with Crippen molar-refractivity contribution in [2.75, 3.05) is 0 Å². The van der Waals surface area contributed by atoms with Crippen LogP contribution in [-0.4, -0.2) is 0 Å². The quantitative estimate of drug-likeness (QED) is 0.661. The molecule has 0 saturated heterocycles. The van der Waals surface area contributed by atoms with Crippen LogP contribution in [0.4, 0.5) is 4.39 Å². The molecule has 15 heavy (non-hydrogen) atoms. The van der Waals surface area contributed by atoms with Crippen molar-refractivity contribution in [2.24, 2.45) is 0 Å². The Morgan fingerprint density at radius 1 is 1.00 bits per heavy atom. The first-order valence-corrected chi connectivity index (χ1v) is 5.84. The van der Waals surface area contributed by atoms with Gasteiger partial charge in [0.2, 0.25) is 0 Å². The summed E-state index contributed by atoms with van der Waals surface area (Å²) in [6.45, 7) is 0. The molecule has 2 aromatic carbocycles. The van der Waals surface area contributed by atoms with Gasteiger partial charge in [-0.2, -0.15) is 0 Å². The van der Waals surface area contributed by atoms with E-state index in [4.69, 9.17) is 11.6 Å². The first-order valence-electron chi connectivity index (χ1n) is 4.38. The van der Waals surface area contributed by atoms with E-state index in [1.165, 1.54) is 6.07 Å². The monoisotopic (exact) mass is 332 g/mol. The highest BCUT2D eigenvalue weighted by atomic mass is 127. The second-order valence-corrected chi connectivity index (χ2v) is 4.76. The first kappa shape index (κ1) is 10.9. The lowest BCUT2D eigenvalue weighted by Gasteiger charge is -2.05. The van der Waals surface area contributed by atoms with Gasteiger partial charge in [0.1, 0.15) is 5.82 Å². The molecule has 0 fully saturated rings. The molecule has 0 aliphatic rings. The van der Waals surface area contributed by atoms with Crippen LogP contribution in [0.1, 0.15) is 0 Å². The summed E-state index contributed by atoms with van der Waals surface area (Å²) in [6, 6.07) is 12.2. The Labute approximate surface area is 106 Å². The summed E-state index contributed by atoms with van der Waals surface area (Å²) in [5.41, 5.74) is 1.27. The van der Waals surface area contributed by atoms with Crippen LogP contribution >= 0.6 is 34.2 Å². The summed E-state index contributed by atoms with van der Waals surface area (Å²) in [4.78, 5) is 0. The van der Waals surface area contributed by atoms with Crippen molar-refractivity contribution in [2.45, 2.75) is 0 Å². The minimum absolute atomic E-state index is 0.249. The summed E-state index contributed by atoms with van der Waals surface area (Å²) < 4.78 is 14.5. The van der Waals surface area contributed by atoms with E-state index in [9.17, 15) is 4.39 Å². The lowest BCUT2D eigenvalue weighted by molar-refractivity contribution is 0.631. The van der Waals surface area contributed by atoms with Crippen molar-refractivity contribution >= 4 is 34.2 Å². The fraction of sp³-hybridized carbons (Fsp3) is 0. The van der Waals surface area contributed by atoms with Crippen molar-refractivity contribution in [3.05, 3.63) is 56.9 Å². The summed E-state index contributed by atoms with van der Waals surface area (Å²) in [6.07, 6.45) is 0. The maximum atomic E-state index is 13.5. The van der Waals surface area contributed by atoms with Gasteiger partial charge in [-0.1, -0.05) is 35.9 Å². The van der Waals surface area contributed by atoms with E-state index in [1.807, 2.05) is 18.2 Å². The molecular weight excluding hydrogens is 325 g/mol. The molecule has 0 N–H and O–H groups in total. The molecule has 0 aromatic heterocycles. The van der Waals surface area contributed by atoms with E-state index in [0.717, 1.165) is 9.13 Å². The molecular formula is C12H7ClFI. The van der Waals surface area contributed by atoms with Crippen LogP contribution in [0.2, 0.25) is 5.02 Å². The summed E-state index contributed by atoms with van der Waals surface area (Å²) >= 11 is 8.24. The second-order valence-electron chi connectivity index (χ2n) is 3.10. The standard InChI is InChI=1S/C12H7ClFI/c13-11-7-8(15)5-6-9(11)10-3-1-2-4-12(10)14/h1-7H. The van der Waals surface area contributed by atoms with Crippen LogP contribution in [0.15, 0.2) is 42.5 Å². The molecule has 0 atom stereocenters. The Kier molecular flexibility index (Phi) is 3.26. The average molecular weight is 333 g/mol. The van der Waals surface area contributed by atoms with Crippen molar-refractivity contribution < 1.29 is 4.39 Å². The SMILES string of the molecule is Fc1ccccc1-c1ccc(I)cc1Cl. The van der Waals surface area contributed by atoms with Gasteiger partial charge in [-0.15, -0.1) is 0 Å². The van der Waals surface area contributed by atoms with Gasteiger partial charge in [0.05, 0.1) is 0 Å². The van der Waals surface area contributed by atoms with Crippen LogP contribution in [0.5, 0.6) is 0 Å². The van der Waals surface area contributed by atoms with Gasteiger partial charge >= 0.3 is 0 Å². The van der Waals surface area contributed by atoms with Gasteiger partial charge in [0.25, 0.3) is 0 Å². The minimum atomic E-state index is -0.249. The number of benzene rings is 2. The Morgan fingerprint density at radius 3 is 2.40 bits per heavy atom. The summed E-state index contributed by atoms with van der Waals surface area (Å²) in [5.74, 6) is -0.249. The first-order chi connectivity index (χ1) is 7.18. The molecule has 2 aromatic rings. The van der Waals surface area contributed by atoms with Gasteiger partial charge in [0, 0.05) is 19.7 Å². The molecule has 0 amide bonds. The topological polar surface area (TPSA) is 0 Å². The van der Waals surface area contributed by atoms with Crippen LogP contribution in [0, 0.1) is 9.39 Å². The third kappa shape index (κ3) is 2.32. The van der Waals surface area contributed by atoms with E-state index >= 15 is 0 Å². The van der Waals surface area contributed by atoms with Crippen LogP contribution in [0.25, 0.3) is 11.1 Å². The lowest BCUT2D eigenvalue weighted by Crippen LogP contribution is -1.85. The average Bonchev–Trinajstić information content (AvgIpc) is 2.20. The number of hydrogen-bond acceptors (Lipinski definition) is 0. The van der Waals surface area contributed by atoms with Gasteiger partial charge in [-0.05, 0) is 40.8 Å². The van der Waals surface area contributed by atoms with Crippen molar-refractivity contribution in [3.8, 4) is 11.1 Å². The molecule has 0 bridgehead atoms. The third-order valence-corrected chi connectivity index (χ3v) is 3.08. The van der Waals surface area contributed by atoms with E-state index in [0.29, 0.717) is 10.6 Å². The highest BCUT2D eigenvalue weighted by Gasteiger charge is 2.07. The number of rotatable bonds is 1. The predicted octanol–water partition coefficient (Wildman–Crippen LogP) is 4.75. The van der Waals surface area contributed by atoms with E-state index in [1.54, 1.807) is 18.2 Å². The molecule has 3 heteroatoms. The van der Waals surface area contributed by atoms with E-state index in [2.05, 4.69) is 22.6 Å². The highest BCUT2D eigenvalue weighted by molar-refractivity contribution is 14.1. The van der Waals surface area contributed by atoms with Gasteiger partial charge in [0.15, 0.2) is 0 Å². The van der Waals surface area contributed by atoms with Crippen molar-refractivity contribution in [1.29, 1.82) is 0 Å². The van der Waals surface area contributed by atoms with E-state index < -0.39 is 0 Å². The third-order valence-electron chi connectivity index (χ3n) is 2.10. The lowest BCUT2D eigenvalue weighted by atomic mass is 10.1. The second kappa shape index (κ2) is 4.49. The zero-order valence-corrected chi connectivity index (χ0v) is 10.6. The maximum absolute atomic E-state index is 13.5. The number of hydrogen-bond donors (Lipinski definition) is 0. The molecule has 76 valence electrons. The highest BCUT2D eigenvalue weighted by Crippen LogP contribution is 2.30. The summed E-state index contributed by atoms with van der Waals surface area (Å²) in [7, 11) is 0. The molecule has 0 aliphatic heterocycles. The van der Waals surface area contributed by atoms with Crippen LogP contribution in [-0.2, 0) is 0 Å². The van der Waals surface area contributed by atoms with Crippen LogP contribution in [0.3, 0.4) is 0 Å². The number of halogens is 3. The fourth-order valence-corrected chi connectivity index (χ4v) is 2.35. The zero-order valence-electron chi connectivity index (χ0n) is 7.68. The summed E-state index contributed by atoms with van der Waals surface area (Å²) in [5, 5.41) is 0.576. The van der Waals surface area contributed by atoms with Gasteiger partial charge in [-0.3, -0.25) is 0 Å². The predicted molar refractivity (Wildman–Crippen MR) is 69.6 cm³/mol. The van der Waals surface area contributed by atoms with Gasteiger partial charge in [-0.25, -0.2) is 4.39 Å². The Hall–Kier alpha value is -0.610. The van der Waals surface area contributed by atoms with Gasteiger partial charge < -0.3 is 0 Å². The Balaban J connectivity index is 2.60. The smallest absolute Gasteiger partial charge is 0.131 e. The molecule has 0 unspecified atom stereocenters. The molecule has 0 radical (unpaired) electrons. The minimum Gasteiger partial charge on any atom is -0.206 e. The molecule has 0 spiro atoms. The van der Waals surface area contributed by atoms with Crippen LogP contribution < -0.4 is 0 Å². The Morgan fingerprint density at radius 2 is 1.73 bits per heavy atom. The molecule has 0 saturated carbocycles. The Bertz CT molecular complexity index is 497.